The topological polar surface area (TPSA) is 64.5 Å². The highest BCUT2D eigenvalue weighted by molar-refractivity contribution is 5.86. The molecule has 2 N–H and O–H groups in total. The number of anilines is 2. The van der Waals surface area contributed by atoms with Gasteiger partial charge >= 0.3 is 0 Å². The average molecular weight is 261 g/mol. The molecule has 5 nitrogen and oxygen atoms in total. The van der Waals surface area contributed by atoms with Crippen LogP contribution in [-0.2, 0) is 4.74 Å². The molecule has 2 aromatic rings. The third-order valence-electron chi connectivity index (χ3n) is 3.64. The number of para-hydroxylation sites is 1. The number of oxazole rings is 1. The summed E-state index contributed by atoms with van der Waals surface area (Å²) in [5, 5.41) is 0. The lowest BCUT2D eigenvalue weighted by atomic mass is 10.0. The number of benzene rings is 1. The summed E-state index contributed by atoms with van der Waals surface area (Å²) in [5.41, 5.74) is 8.05. The normalized spacial score (nSPS) is 16.9. The minimum atomic E-state index is 0.638. The Hall–Kier alpha value is -1.75. The van der Waals surface area contributed by atoms with Crippen molar-refractivity contribution in [2.75, 3.05) is 37.4 Å². The van der Waals surface area contributed by atoms with Crippen molar-refractivity contribution >= 4 is 22.8 Å². The molecule has 19 heavy (non-hydrogen) atoms. The standard InChI is InChI=1S/C14H19N3O2/c1-17(9-10-5-7-18-8-6-10)14-16-13-11(15)3-2-4-12(13)19-14/h2-4,10H,5-9,15H2,1H3. The number of rotatable bonds is 3. The van der Waals surface area contributed by atoms with Gasteiger partial charge in [0.25, 0.3) is 6.01 Å². The van der Waals surface area contributed by atoms with Crippen molar-refractivity contribution in [1.82, 2.24) is 4.98 Å². The molecule has 2 heterocycles. The lowest BCUT2D eigenvalue weighted by molar-refractivity contribution is 0.0683. The molecular weight excluding hydrogens is 242 g/mol. The van der Waals surface area contributed by atoms with Crippen molar-refractivity contribution in [2.45, 2.75) is 12.8 Å². The van der Waals surface area contributed by atoms with E-state index in [1.54, 1.807) is 0 Å². The Morgan fingerprint density at radius 1 is 1.37 bits per heavy atom. The summed E-state index contributed by atoms with van der Waals surface area (Å²) in [4.78, 5) is 6.55. The van der Waals surface area contributed by atoms with E-state index in [1.165, 1.54) is 0 Å². The highest BCUT2D eigenvalue weighted by atomic mass is 16.5. The van der Waals surface area contributed by atoms with Crippen LogP contribution in [0.4, 0.5) is 11.7 Å². The average Bonchev–Trinajstić information content (AvgIpc) is 2.85. The largest absolute Gasteiger partial charge is 0.423 e. The molecule has 5 heteroatoms. The van der Waals surface area contributed by atoms with Crippen LogP contribution in [0.5, 0.6) is 0 Å². The maximum Gasteiger partial charge on any atom is 0.298 e. The molecule has 0 aliphatic carbocycles. The fourth-order valence-corrected chi connectivity index (χ4v) is 2.52. The second-order valence-corrected chi connectivity index (χ2v) is 5.13. The van der Waals surface area contributed by atoms with Crippen LogP contribution in [-0.4, -0.2) is 31.8 Å². The Bertz CT molecular complexity index is 561. The predicted molar refractivity (Wildman–Crippen MR) is 75.2 cm³/mol. The number of nitrogens with zero attached hydrogens (tertiary/aromatic N) is 2. The third-order valence-corrected chi connectivity index (χ3v) is 3.64. The second kappa shape index (κ2) is 5.09. The minimum absolute atomic E-state index is 0.638. The van der Waals surface area contributed by atoms with Crippen LogP contribution in [0, 0.1) is 5.92 Å². The van der Waals surface area contributed by atoms with Gasteiger partial charge in [0.2, 0.25) is 0 Å². The van der Waals surface area contributed by atoms with Crippen molar-refractivity contribution in [3.8, 4) is 0 Å². The van der Waals surface area contributed by atoms with Crippen molar-refractivity contribution < 1.29 is 9.15 Å². The number of nitrogens with two attached hydrogens (primary N) is 1. The fourth-order valence-electron chi connectivity index (χ4n) is 2.52. The van der Waals surface area contributed by atoms with Crippen LogP contribution in [0.25, 0.3) is 11.1 Å². The molecule has 1 fully saturated rings. The molecule has 1 saturated heterocycles. The van der Waals surface area contributed by atoms with E-state index in [0.29, 0.717) is 17.6 Å². The van der Waals surface area contributed by atoms with E-state index < -0.39 is 0 Å². The maximum absolute atomic E-state index is 5.90. The van der Waals surface area contributed by atoms with Gasteiger partial charge in [-0.3, -0.25) is 0 Å². The van der Waals surface area contributed by atoms with Gasteiger partial charge in [0.1, 0.15) is 5.52 Å². The van der Waals surface area contributed by atoms with Crippen molar-refractivity contribution in [1.29, 1.82) is 0 Å². The highest BCUT2D eigenvalue weighted by Crippen LogP contribution is 2.26. The molecule has 0 amide bonds. The van der Waals surface area contributed by atoms with Crippen LogP contribution >= 0.6 is 0 Å². The van der Waals surface area contributed by atoms with Gasteiger partial charge in [-0.1, -0.05) is 6.07 Å². The SMILES string of the molecule is CN(CC1CCOCC1)c1nc2c(N)cccc2o1. The first-order chi connectivity index (χ1) is 9.24. The molecule has 0 unspecified atom stereocenters. The van der Waals surface area contributed by atoms with E-state index in [-0.39, 0.29) is 0 Å². The van der Waals surface area contributed by atoms with Gasteiger partial charge in [-0.05, 0) is 30.9 Å². The summed E-state index contributed by atoms with van der Waals surface area (Å²) in [7, 11) is 2.01. The molecule has 1 aliphatic rings. The van der Waals surface area contributed by atoms with Crippen LogP contribution in [0.2, 0.25) is 0 Å². The molecule has 0 saturated carbocycles. The van der Waals surface area contributed by atoms with E-state index in [1.807, 2.05) is 25.2 Å². The molecule has 1 aromatic heterocycles. The van der Waals surface area contributed by atoms with E-state index in [4.69, 9.17) is 14.9 Å². The maximum atomic E-state index is 5.90. The smallest absolute Gasteiger partial charge is 0.298 e. The summed E-state index contributed by atoms with van der Waals surface area (Å²) in [6.07, 6.45) is 2.21. The number of aromatic nitrogens is 1. The molecular formula is C14H19N3O2. The first-order valence-corrected chi connectivity index (χ1v) is 6.68. The van der Waals surface area contributed by atoms with Gasteiger partial charge in [0.15, 0.2) is 5.58 Å². The Morgan fingerprint density at radius 2 is 2.16 bits per heavy atom. The monoisotopic (exact) mass is 261 g/mol. The zero-order chi connectivity index (χ0) is 13.2. The van der Waals surface area contributed by atoms with Crippen LogP contribution in [0.15, 0.2) is 22.6 Å². The van der Waals surface area contributed by atoms with Gasteiger partial charge in [-0.15, -0.1) is 0 Å². The minimum Gasteiger partial charge on any atom is -0.423 e. The zero-order valence-electron chi connectivity index (χ0n) is 11.1. The number of hydrogen-bond donors (Lipinski definition) is 1. The summed E-state index contributed by atoms with van der Waals surface area (Å²) < 4.78 is 11.1. The van der Waals surface area contributed by atoms with Gasteiger partial charge in [0.05, 0.1) is 5.69 Å². The van der Waals surface area contributed by atoms with Crippen molar-refractivity contribution in [3.63, 3.8) is 0 Å². The third kappa shape index (κ3) is 2.51. The molecule has 3 rings (SSSR count). The molecule has 0 spiro atoms. The van der Waals surface area contributed by atoms with E-state index in [0.717, 1.165) is 43.7 Å². The van der Waals surface area contributed by atoms with Crippen LogP contribution < -0.4 is 10.6 Å². The molecule has 0 radical (unpaired) electrons. The van der Waals surface area contributed by atoms with Crippen LogP contribution in [0.3, 0.4) is 0 Å². The number of hydrogen-bond acceptors (Lipinski definition) is 5. The second-order valence-electron chi connectivity index (χ2n) is 5.13. The zero-order valence-corrected chi connectivity index (χ0v) is 11.1. The molecule has 0 atom stereocenters. The quantitative estimate of drug-likeness (QED) is 0.859. The Morgan fingerprint density at radius 3 is 2.89 bits per heavy atom. The molecule has 1 aliphatic heterocycles. The number of fused-ring (bicyclic) bond motifs is 1. The number of nitrogen functional groups attached to an aromatic ring is 1. The van der Waals surface area contributed by atoms with Crippen LogP contribution in [0.1, 0.15) is 12.8 Å². The summed E-state index contributed by atoms with van der Waals surface area (Å²) in [6.45, 7) is 2.66. The Labute approximate surface area is 112 Å². The Kier molecular flexibility index (Phi) is 3.29. The van der Waals surface area contributed by atoms with Gasteiger partial charge in [0, 0.05) is 26.8 Å². The Balaban J connectivity index is 1.77. The summed E-state index contributed by atoms with van der Waals surface area (Å²) in [5.74, 6) is 0.645. The van der Waals surface area contributed by atoms with E-state index in [9.17, 15) is 0 Å². The molecule has 1 aromatic carbocycles. The fraction of sp³-hybridized carbons (Fsp3) is 0.500. The lowest BCUT2D eigenvalue weighted by Crippen LogP contribution is -2.29. The first-order valence-electron chi connectivity index (χ1n) is 6.68. The van der Waals surface area contributed by atoms with E-state index >= 15 is 0 Å². The first kappa shape index (κ1) is 12.3. The lowest BCUT2D eigenvalue weighted by Gasteiger charge is -2.26. The summed E-state index contributed by atoms with van der Waals surface area (Å²) in [6, 6.07) is 6.25. The van der Waals surface area contributed by atoms with Gasteiger partial charge < -0.3 is 19.8 Å². The van der Waals surface area contributed by atoms with Crippen molar-refractivity contribution in [2.24, 2.45) is 5.92 Å². The van der Waals surface area contributed by atoms with Gasteiger partial charge in [-0.25, -0.2) is 0 Å². The van der Waals surface area contributed by atoms with Crippen molar-refractivity contribution in [3.05, 3.63) is 18.2 Å². The van der Waals surface area contributed by atoms with Gasteiger partial charge in [-0.2, -0.15) is 4.98 Å². The summed E-state index contributed by atoms with van der Waals surface area (Å²) >= 11 is 0. The molecule has 0 bridgehead atoms. The highest BCUT2D eigenvalue weighted by Gasteiger charge is 2.19. The number of ether oxygens (including phenoxy) is 1. The predicted octanol–water partition coefficient (Wildman–Crippen LogP) is 2.27. The molecule has 102 valence electrons. The van der Waals surface area contributed by atoms with E-state index in [2.05, 4.69) is 9.88 Å².